The van der Waals surface area contributed by atoms with Crippen molar-refractivity contribution in [3.05, 3.63) is 0 Å². The van der Waals surface area contributed by atoms with Gasteiger partial charge < -0.3 is 4.74 Å². The zero-order chi connectivity index (χ0) is 11.6. The molecule has 2 aliphatic carbocycles. The molecule has 0 aromatic rings. The van der Waals surface area contributed by atoms with E-state index >= 15 is 0 Å². The Morgan fingerprint density at radius 1 is 1.06 bits per heavy atom. The zero-order valence-corrected chi connectivity index (χ0v) is 11.3. The van der Waals surface area contributed by atoms with Crippen LogP contribution in [0.2, 0.25) is 0 Å². The first-order valence-corrected chi connectivity index (χ1v) is 7.12. The molecule has 0 aromatic carbocycles. The molecule has 3 rings (SSSR count). The Morgan fingerprint density at radius 2 is 1.81 bits per heavy atom. The van der Waals surface area contributed by atoms with Gasteiger partial charge in [-0.3, -0.25) is 0 Å². The quantitative estimate of drug-likeness (QED) is 0.601. The van der Waals surface area contributed by atoms with E-state index in [-0.39, 0.29) is 5.60 Å². The van der Waals surface area contributed by atoms with Crippen LogP contribution >= 0.6 is 0 Å². The van der Waals surface area contributed by atoms with Crippen LogP contribution in [0.3, 0.4) is 0 Å². The van der Waals surface area contributed by atoms with Gasteiger partial charge >= 0.3 is 0 Å². The van der Waals surface area contributed by atoms with Crippen molar-refractivity contribution < 1.29 is 4.74 Å². The molecule has 2 saturated carbocycles. The number of fused-ring (bicyclic) bond motifs is 3. The average Bonchev–Trinajstić information content (AvgIpc) is 2.15. The maximum atomic E-state index is 6.24. The molecular weight excluding hydrogens is 196 g/mol. The van der Waals surface area contributed by atoms with Gasteiger partial charge in [-0.15, -0.1) is 0 Å². The summed E-state index contributed by atoms with van der Waals surface area (Å²) >= 11 is 0. The van der Waals surface area contributed by atoms with Crippen molar-refractivity contribution in [1.29, 1.82) is 0 Å². The monoisotopic (exact) mass is 222 g/mol. The minimum atomic E-state index is 0.170. The van der Waals surface area contributed by atoms with Crippen molar-refractivity contribution in [3.8, 4) is 0 Å². The topological polar surface area (TPSA) is 9.23 Å². The molecule has 1 nitrogen and oxygen atoms in total. The molecule has 1 aliphatic heterocycles. The summed E-state index contributed by atoms with van der Waals surface area (Å²) in [5.74, 6) is 2.56. The molecule has 16 heavy (non-hydrogen) atoms. The Balaban J connectivity index is 1.86. The van der Waals surface area contributed by atoms with Crippen LogP contribution in [-0.4, -0.2) is 11.7 Å². The van der Waals surface area contributed by atoms with Crippen LogP contribution in [0.15, 0.2) is 0 Å². The van der Waals surface area contributed by atoms with Gasteiger partial charge in [-0.05, 0) is 50.4 Å². The molecule has 1 heterocycles. The van der Waals surface area contributed by atoms with Crippen molar-refractivity contribution in [2.45, 2.75) is 71.5 Å². The van der Waals surface area contributed by atoms with Gasteiger partial charge in [0, 0.05) is 5.92 Å². The molecule has 1 saturated heterocycles. The summed E-state index contributed by atoms with van der Waals surface area (Å²) in [4.78, 5) is 0. The molecule has 3 fully saturated rings. The Kier molecular flexibility index (Phi) is 2.25. The molecule has 5 atom stereocenters. The van der Waals surface area contributed by atoms with Crippen molar-refractivity contribution >= 4 is 0 Å². The van der Waals surface area contributed by atoms with Crippen LogP contribution < -0.4 is 0 Å². The lowest BCUT2D eigenvalue weighted by Crippen LogP contribution is -2.66. The Labute approximate surface area is 99.9 Å². The molecule has 3 aliphatic rings. The Morgan fingerprint density at radius 3 is 2.50 bits per heavy atom. The third-order valence-electron chi connectivity index (χ3n) is 5.93. The van der Waals surface area contributed by atoms with E-state index in [0.717, 1.165) is 17.8 Å². The van der Waals surface area contributed by atoms with E-state index in [0.29, 0.717) is 11.5 Å². The van der Waals surface area contributed by atoms with Gasteiger partial charge in [0.15, 0.2) is 0 Å². The van der Waals surface area contributed by atoms with Gasteiger partial charge in [0.05, 0.1) is 11.7 Å². The molecule has 0 N–H and O–H groups in total. The fourth-order valence-electron chi connectivity index (χ4n) is 5.04. The van der Waals surface area contributed by atoms with Crippen LogP contribution in [0.25, 0.3) is 0 Å². The summed E-state index contributed by atoms with van der Waals surface area (Å²) in [6.45, 7) is 9.55. The molecule has 1 heteroatoms. The van der Waals surface area contributed by atoms with Crippen molar-refractivity contribution in [1.82, 2.24) is 0 Å². The summed E-state index contributed by atoms with van der Waals surface area (Å²) in [6, 6.07) is 0. The molecule has 92 valence electrons. The second-order valence-corrected chi connectivity index (χ2v) is 7.38. The van der Waals surface area contributed by atoms with Crippen LogP contribution in [-0.2, 0) is 4.74 Å². The van der Waals surface area contributed by atoms with Crippen molar-refractivity contribution in [3.63, 3.8) is 0 Å². The van der Waals surface area contributed by atoms with E-state index in [1.54, 1.807) is 0 Å². The van der Waals surface area contributed by atoms with Crippen molar-refractivity contribution in [2.24, 2.45) is 23.2 Å². The smallest absolute Gasteiger partial charge is 0.0683 e. The van der Waals surface area contributed by atoms with Crippen molar-refractivity contribution in [2.75, 3.05) is 0 Å². The lowest BCUT2D eigenvalue weighted by molar-refractivity contribution is -0.304. The highest BCUT2D eigenvalue weighted by atomic mass is 16.5. The summed E-state index contributed by atoms with van der Waals surface area (Å²) in [5, 5.41) is 0. The van der Waals surface area contributed by atoms with E-state index in [9.17, 15) is 0 Å². The summed E-state index contributed by atoms with van der Waals surface area (Å²) in [7, 11) is 0. The predicted molar refractivity (Wildman–Crippen MR) is 66.3 cm³/mol. The van der Waals surface area contributed by atoms with Gasteiger partial charge in [-0.25, -0.2) is 0 Å². The number of ether oxygens (including phenoxy) is 1. The normalized spacial score (nSPS) is 54.8. The maximum absolute atomic E-state index is 6.24. The molecule has 0 aromatic heterocycles. The molecule has 0 bridgehead atoms. The minimum absolute atomic E-state index is 0.170. The molecule has 1 unspecified atom stereocenters. The first-order chi connectivity index (χ1) is 7.44. The Bertz CT molecular complexity index is 296. The SMILES string of the molecule is C[C@H]1CCC[C@]2(C)CC[C@@H]3C(OC3(C)C)[C@@H]12. The van der Waals surface area contributed by atoms with E-state index in [4.69, 9.17) is 4.74 Å². The fraction of sp³-hybridized carbons (Fsp3) is 1.00. The highest BCUT2D eigenvalue weighted by Gasteiger charge is 2.60. The number of hydrogen-bond acceptors (Lipinski definition) is 1. The lowest BCUT2D eigenvalue weighted by atomic mass is 9.50. The standard InChI is InChI=1S/C15H26O/c1-10-6-5-8-15(4)9-7-11-13(12(10)15)16-14(11,2)3/h10-13H,5-9H2,1-4H3/t10-,11+,12+,13?,15+/m0/s1. The summed E-state index contributed by atoms with van der Waals surface area (Å²) < 4.78 is 6.24. The zero-order valence-electron chi connectivity index (χ0n) is 11.3. The van der Waals surface area contributed by atoms with E-state index in [2.05, 4.69) is 27.7 Å². The molecule has 0 radical (unpaired) electrons. The van der Waals surface area contributed by atoms with Gasteiger partial charge in [-0.2, -0.15) is 0 Å². The summed E-state index contributed by atoms with van der Waals surface area (Å²) in [6.07, 6.45) is 7.73. The van der Waals surface area contributed by atoms with Crippen LogP contribution in [0, 0.1) is 23.2 Å². The molecule has 0 amide bonds. The minimum Gasteiger partial charge on any atom is -0.371 e. The average molecular weight is 222 g/mol. The lowest BCUT2D eigenvalue weighted by Gasteiger charge is -2.64. The highest BCUT2D eigenvalue weighted by Crippen LogP contribution is 2.61. The third kappa shape index (κ3) is 1.33. The first-order valence-electron chi connectivity index (χ1n) is 7.12. The van der Waals surface area contributed by atoms with Crippen LogP contribution in [0.5, 0.6) is 0 Å². The second-order valence-electron chi connectivity index (χ2n) is 7.38. The third-order valence-corrected chi connectivity index (χ3v) is 5.93. The molecular formula is C15H26O. The second kappa shape index (κ2) is 3.25. The highest BCUT2D eigenvalue weighted by molar-refractivity contribution is 5.08. The molecule has 0 spiro atoms. The Hall–Kier alpha value is -0.0400. The van der Waals surface area contributed by atoms with Gasteiger partial charge in [0.25, 0.3) is 0 Å². The maximum Gasteiger partial charge on any atom is 0.0683 e. The van der Waals surface area contributed by atoms with Crippen LogP contribution in [0.4, 0.5) is 0 Å². The number of hydrogen-bond donors (Lipinski definition) is 0. The largest absolute Gasteiger partial charge is 0.371 e. The fourth-order valence-corrected chi connectivity index (χ4v) is 5.04. The van der Waals surface area contributed by atoms with Gasteiger partial charge in [0.2, 0.25) is 0 Å². The van der Waals surface area contributed by atoms with E-state index in [1.165, 1.54) is 32.1 Å². The summed E-state index contributed by atoms with van der Waals surface area (Å²) in [5.41, 5.74) is 0.762. The van der Waals surface area contributed by atoms with E-state index in [1.807, 2.05) is 0 Å². The first kappa shape index (κ1) is 11.1. The predicted octanol–water partition coefficient (Wildman–Crippen LogP) is 4.02. The van der Waals surface area contributed by atoms with Crippen LogP contribution in [0.1, 0.15) is 59.8 Å². The van der Waals surface area contributed by atoms with E-state index < -0.39 is 0 Å². The number of rotatable bonds is 0. The van der Waals surface area contributed by atoms with Gasteiger partial charge in [-0.1, -0.05) is 26.7 Å². The van der Waals surface area contributed by atoms with Gasteiger partial charge in [0.1, 0.15) is 0 Å².